The smallest absolute Gasteiger partial charge is 0.500 e. The van der Waals surface area contributed by atoms with E-state index in [0.29, 0.717) is 28.2 Å². The Labute approximate surface area is 173 Å². The third-order valence-corrected chi connectivity index (χ3v) is 14.5. The molecule has 0 aliphatic heterocycles. The molecule has 0 bridgehead atoms. The Morgan fingerprint density at radius 3 is 1.61 bits per heavy atom. The van der Waals surface area contributed by atoms with Crippen LogP contribution in [-0.2, 0) is 24.1 Å². The number of carbonyl (C=O) groups excluding carboxylic acids is 1. The van der Waals surface area contributed by atoms with Gasteiger partial charge in [0, 0.05) is 27.4 Å². The highest BCUT2D eigenvalue weighted by molar-refractivity contribution is 6.79. The van der Waals surface area contributed by atoms with E-state index in [4.69, 9.17) is 17.7 Å². The van der Waals surface area contributed by atoms with Crippen LogP contribution in [0.2, 0.25) is 22.7 Å². The van der Waals surface area contributed by atoms with Crippen LogP contribution >= 0.6 is 0 Å². The molecule has 0 atom stereocenters. The first-order valence-electron chi connectivity index (χ1n) is 10.1. The van der Waals surface area contributed by atoms with Gasteiger partial charge in [-0.2, -0.15) is 0 Å². The van der Waals surface area contributed by atoms with Gasteiger partial charge < -0.3 is 17.7 Å². The van der Waals surface area contributed by atoms with Crippen molar-refractivity contribution in [2.75, 3.05) is 21.3 Å². The predicted molar refractivity (Wildman–Crippen MR) is 118 cm³/mol. The number of benzene rings is 1. The second kappa shape index (κ2) is 10.7. The molecule has 0 aliphatic rings. The lowest BCUT2D eigenvalue weighted by molar-refractivity contribution is 0.0705. The topological polar surface area (TPSA) is 54.0 Å². The summed E-state index contributed by atoms with van der Waals surface area (Å²) in [5.41, 5.74) is 2.82. The van der Waals surface area contributed by atoms with E-state index < -0.39 is 17.1 Å². The van der Waals surface area contributed by atoms with E-state index in [1.165, 1.54) is 0 Å². The fourth-order valence-corrected chi connectivity index (χ4v) is 11.1. The molecule has 5 nitrogen and oxygen atoms in total. The molecule has 1 aromatic rings. The van der Waals surface area contributed by atoms with Crippen LogP contribution in [-0.4, -0.2) is 44.4 Å². The van der Waals surface area contributed by atoms with Crippen LogP contribution in [0.15, 0.2) is 24.3 Å². The van der Waals surface area contributed by atoms with Gasteiger partial charge in [0.1, 0.15) is 0 Å². The summed E-state index contributed by atoms with van der Waals surface area (Å²) in [6.07, 6.45) is 0.764. The minimum absolute atomic E-state index is 0.205. The first kappa shape index (κ1) is 25.0. The van der Waals surface area contributed by atoms with Crippen molar-refractivity contribution in [1.29, 1.82) is 0 Å². The molecule has 7 heteroatoms. The molecule has 0 fully saturated rings. The summed E-state index contributed by atoms with van der Waals surface area (Å²) in [5, 5.41) is 0. The maximum atomic E-state index is 12.9. The Morgan fingerprint density at radius 2 is 1.25 bits per heavy atom. The number of carbonyl (C=O) groups is 1. The fourth-order valence-electron chi connectivity index (χ4n) is 4.23. The summed E-state index contributed by atoms with van der Waals surface area (Å²) in [6, 6.07) is 8.34. The zero-order chi connectivity index (χ0) is 21.5. The van der Waals surface area contributed by atoms with E-state index >= 15 is 0 Å². The molecule has 0 heterocycles. The normalized spacial score (nSPS) is 12.9. The second-order valence-corrected chi connectivity index (χ2v) is 16.7. The number of hydrogen-bond donors (Lipinski definition) is 0. The Kier molecular flexibility index (Phi) is 9.56. The summed E-state index contributed by atoms with van der Waals surface area (Å²) in [6.45, 7) is 13.1. The van der Waals surface area contributed by atoms with Gasteiger partial charge in [0.2, 0.25) is 0 Å². The quantitative estimate of drug-likeness (QED) is 0.441. The van der Waals surface area contributed by atoms with Gasteiger partial charge >= 0.3 is 14.8 Å². The third kappa shape index (κ3) is 5.54. The maximum absolute atomic E-state index is 12.9. The van der Waals surface area contributed by atoms with Gasteiger partial charge in [-0.1, -0.05) is 53.7 Å². The van der Waals surface area contributed by atoms with Crippen molar-refractivity contribution in [3.05, 3.63) is 35.4 Å². The van der Waals surface area contributed by atoms with Crippen molar-refractivity contribution in [2.45, 2.75) is 70.6 Å². The summed E-state index contributed by atoms with van der Waals surface area (Å²) >= 11 is 0. The highest BCUT2D eigenvalue weighted by Gasteiger charge is 2.48. The van der Waals surface area contributed by atoms with Crippen molar-refractivity contribution < 1.29 is 22.5 Å². The van der Waals surface area contributed by atoms with Crippen molar-refractivity contribution in [2.24, 2.45) is 0 Å². The Hall–Kier alpha value is -0.996. The number of rotatable bonds is 11. The summed E-state index contributed by atoms with van der Waals surface area (Å²) in [5.74, 6) is -0.205. The molecule has 0 unspecified atom stereocenters. The molecule has 1 rings (SSSR count). The zero-order valence-electron chi connectivity index (χ0n) is 19.0. The van der Waals surface area contributed by atoms with Gasteiger partial charge in [0.05, 0.1) is 5.56 Å². The molecule has 0 N–H and O–H groups in total. The van der Waals surface area contributed by atoms with Crippen LogP contribution in [0.25, 0.3) is 0 Å². The standard InChI is InChI=1S/C21H38O5Si2/c1-16(2)28(17(3)4,18(5)6)26-21(22)20-12-10-19(11-13-20)14-15-27(23-7,24-8)25-9/h10-13,16-18H,14-15H2,1-9H3. The Bertz CT molecular complexity index is 580. The first-order chi connectivity index (χ1) is 13.1. The molecule has 0 saturated heterocycles. The Morgan fingerprint density at radius 1 is 0.821 bits per heavy atom. The minimum atomic E-state index is -2.59. The van der Waals surface area contributed by atoms with Crippen molar-refractivity contribution >= 4 is 23.1 Å². The molecule has 0 saturated carbocycles. The second-order valence-electron chi connectivity index (χ2n) is 8.20. The van der Waals surface area contributed by atoms with Crippen molar-refractivity contribution in [3.8, 4) is 0 Å². The lowest BCUT2D eigenvalue weighted by Gasteiger charge is -2.41. The van der Waals surface area contributed by atoms with E-state index in [1.807, 2.05) is 24.3 Å². The molecule has 160 valence electrons. The molecule has 0 aromatic heterocycles. The van der Waals surface area contributed by atoms with Gasteiger partial charge in [-0.15, -0.1) is 0 Å². The van der Waals surface area contributed by atoms with Crippen LogP contribution in [0.3, 0.4) is 0 Å². The monoisotopic (exact) mass is 426 g/mol. The summed E-state index contributed by atoms with van der Waals surface area (Å²) < 4.78 is 22.7. The Balaban J connectivity index is 2.91. The average Bonchev–Trinajstić information content (AvgIpc) is 2.67. The molecule has 0 radical (unpaired) electrons. The first-order valence-corrected chi connectivity index (χ1v) is 14.1. The fraction of sp³-hybridized carbons (Fsp3) is 0.667. The average molecular weight is 427 g/mol. The largest absolute Gasteiger partial charge is 0.515 e. The van der Waals surface area contributed by atoms with E-state index in [9.17, 15) is 4.79 Å². The lowest BCUT2D eigenvalue weighted by atomic mass is 10.1. The van der Waals surface area contributed by atoms with E-state index in [-0.39, 0.29) is 5.97 Å². The van der Waals surface area contributed by atoms with Gasteiger partial charge in [-0.05, 0) is 40.7 Å². The van der Waals surface area contributed by atoms with E-state index in [2.05, 4.69) is 41.5 Å². The zero-order valence-corrected chi connectivity index (χ0v) is 21.0. The number of aryl methyl sites for hydroxylation is 1. The molecular weight excluding hydrogens is 388 g/mol. The van der Waals surface area contributed by atoms with Gasteiger partial charge in [-0.25, -0.2) is 4.79 Å². The van der Waals surface area contributed by atoms with E-state index in [0.717, 1.165) is 12.0 Å². The third-order valence-electron chi connectivity index (χ3n) is 5.82. The van der Waals surface area contributed by atoms with Gasteiger partial charge in [0.25, 0.3) is 8.32 Å². The van der Waals surface area contributed by atoms with Gasteiger partial charge in [-0.3, -0.25) is 0 Å². The van der Waals surface area contributed by atoms with Crippen LogP contribution in [0.5, 0.6) is 0 Å². The van der Waals surface area contributed by atoms with Crippen LogP contribution in [0.1, 0.15) is 57.5 Å². The highest BCUT2D eigenvalue weighted by atomic mass is 28.4. The van der Waals surface area contributed by atoms with Gasteiger partial charge in [0.15, 0.2) is 0 Å². The lowest BCUT2D eigenvalue weighted by Crippen LogP contribution is -2.49. The van der Waals surface area contributed by atoms with Crippen molar-refractivity contribution in [1.82, 2.24) is 0 Å². The minimum Gasteiger partial charge on any atom is -0.515 e. The molecule has 1 aromatic carbocycles. The van der Waals surface area contributed by atoms with Crippen LogP contribution in [0.4, 0.5) is 0 Å². The molecule has 0 aliphatic carbocycles. The molecular formula is C21H38O5Si2. The molecule has 28 heavy (non-hydrogen) atoms. The molecule has 0 amide bonds. The summed E-state index contributed by atoms with van der Waals surface area (Å²) in [7, 11) is 0.0263. The van der Waals surface area contributed by atoms with Crippen molar-refractivity contribution in [3.63, 3.8) is 0 Å². The number of hydrogen-bond acceptors (Lipinski definition) is 5. The van der Waals surface area contributed by atoms with Crippen LogP contribution in [0, 0.1) is 0 Å². The van der Waals surface area contributed by atoms with Crippen LogP contribution < -0.4 is 0 Å². The maximum Gasteiger partial charge on any atom is 0.500 e. The highest BCUT2D eigenvalue weighted by Crippen LogP contribution is 2.42. The summed E-state index contributed by atoms with van der Waals surface area (Å²) in [4.78, 5) is 12.9. The van der Waals surface area contributed by atoms with E-state index in [1.54, 1.807) is 21.3 Å². The molecule has 0 spiro atoms. The SMILES string of the molecule is CO[Si](CCc1ccc(C(=O)O[Si](C(C)C)(C(C)C)C(C)C)cc1)(OC)OC. The predicted octanol–water partition coefficient (Wildman–Crippen LogP) is 5.44.